The van der Waals surface area contributed by atoms with Crippen LogP contribution in [-0.2, 0) is 0 Å². The summed E-state index contributed by atoms with van der Waals surface area (Å²) in [5.41, 5.74) is 8.22. The van der Waals surface area contributed by atoms with Crippen LogP contribution in [0.25, 0.3) is 85.6 Å². The molecule has 198 valence electrons. The molecule has 0 aliphatic carbocycles. The van der Waals surface area contributed by atoms with Gasteiger partial charge in [0.15, 0.2) is 0 Å². The summed E-state index contributed by atoms with van der Waals surface area (Å²) < 4.78 is 10.6. The summed E-state index contributed by atoms with van der Waals surface area (Å²) in [6.45, 7) is 7.98. The molecule has 0 amide bonds. The second-order valence-electron chi connectivity index (χ2n) is 10.7. The van der Waals surface area contributed by atoms with Crippen molar-refractivity contribution in [2.45, 2.75) is 0 Å². The van der Waals surface area contributed by atoms with Crippen LogP contribution in [0.3, 0.4) is 0 Å². The smallest absolute Gasteiger partial charge is 0.204 e. The molecule has 0 saturated carbocycles. The summed E-state index contributed by atoms with van der Waals surface area (Å²) in [6.07, 6.45) is 0. The number of nitrogens with zero attached hydrogens (tertiary/aromatic N) is 3. The molecule has 0 spiro atoms. The van der Waals surface area contributed by atoms with Crippen molar-refractivity contribution in [3.63, 3.8) is 0 Å². The third-order valence-electron chi connectivity index (χ3n) is 8.46. The van der Waals surface area contributed by atoms with Crippen molar-refractivity contribution in [2.75, 3.05) is 0 Å². The van der Waals surface area contributed by atoms with Gasteiger partial charge < -0.3 is 8.98 Å². The van der Waals surface area contributed by atoms with E-state index in [4.69, 9.17) is 11.0 Å². The second-order valence-corrected chi connectivity index (χ2v) is 11.7. The predicted molar refractivity (Wildman–Crippen MR) is 177 cm³/mol. The Bertz CT molecular complexity index is 2710. The Hall–Kier alpha value is -5.88. The lowest BCUT2D eigenvalue weighted by Crippen LogP contribution is -1.94. The lowest BCUT2D eigenvalue weighted by Gasteiger charge is -2.10. The monoisotopic (exact) mass is 565 g/mol. The van der Waals surface area contributed by atoms with Crippen LogP contribution >= 0.6 is 11.3 Å². The van der Waals surface area contributed by atoms with E-state index >= 15 is 0 Å². The molecule has 0 N–H and O–H groups in total. The number of hydrogen-bond acceptors (Lipinski definition) is 3. The fraction of sp³-hybridized carbons (Fsp3) is 0. The summed E-state index contributed by atoms with van der Waals surface area (Å²) in [7, 11) is 0. The number of benzene rings is 6. The van der Waals surface area contributed by atoms with Crippen LogP contribution in [0.1, 0.15) is 5.56 Å². The summed E-state index contributed by atoms with van der Waals surface area (Å²) in [5.74, 6) is 0. The van der Waals surface area contributed by atoms with E-state index in [9.17, 15) is 5.26 Å². The van der Waals surface area contributed by atoms with E-state index in [1.54, 1.807) is 11.3 Å². The van der Waals surface area contributed by atoms with Crippen molar-refractivity contribution in [1.29, 1.82) is 5.26 Å². The highest BCUT2D eigenvalue weighted by Gasteiger charge is 2.20. The molecular weight excluding hydrogens is 547 g/mol. The Morgan fingerprint density at radius 1 is 0.674 bits per heavy atom. The first kappa shape index (κ1) is 23.8. The fourth-order valence-electron chi connectivity index (χ4n) is 6.57. The fourth-order valence-corrected chi connectivity index (χ4v) is 7.86. The number of nitriles is 1. The Balaban J connectivity index is 1.37. The summed E-state index contributed by atoms with van der Waals surface area (Å²) in [4.78, 5) is 3.92. The van der Waals surface area contributed by atoms with E-state index in [1.165, 1.54) is 0 Å². The van der Waals surface area contributed by atoms with Crippen molar-refractivity contribution in [3.05, 3.63) is 132 Å². The van der Waals surface area contributed by atoms with Crippen LogP contribution in [0.2, 0.25) is 0 Å². The Labute approximate surface area is 249 Å². The number of hydrogen-bond donors (Lipinski definition) is 0. The molecule has 0 atom stereocenters. The highest BCUT2D eigenvalue weighted by atomic mass is 32.1. The van der Waals surface area contributed by atoms with Gasteiger partial charge in [-0.1, -0.05) is 72.8 Å². The number of aromatic nitrogens is 1. The van der Waals surface area contributed by atoms with Gasteiger partial charge in [-0.2, -0.15) is 5.26 Å². The molecule has 0 saturated heterocycles. The minimum absolute atomic E-state index is 0.624. The van der Waals surface area contributed by atoms with Gasteiger partial charge in [-0.15, -0.1) is 11.3 Å². The maximum atomic E-state index is 9.71. The van der Waals surface area contributed by atoms with Gasteiger partial charge in [0.1, 0.15) is 11.2 Å². The third-order valence-corrected chi connectivity index (χ3v) is 9.71. The Kier molecular flexibility index (Phi) is 4.87. The van der Waals surface area contributed by atoms with Crippen molar-refractivity contribution in [3.8, 4) is 22.9 Å². The Morgan fingerprint density at radius 2 is 1.44 bits per heavy atom. The summed E-state index contributed by atoms with van der Waals surface area (Å²) in [5, 5.41) is 16.3. The molecule has 0 radical (unpaired) electrons. The largest absolute Gasteiger partial charge is 0.456 e. The zero-order valence-corrected chi connectivity index (χ0v) is 23.4. The molecule has 9 aromatic rings. The topological polar surface area (TPSA) is 46.2 Å². The molecule has 0 unspecified atom stereocenters. The Morgan fingerprint density at radius 3 is 2.33 bits per heavy atom. The van der Waals surface area contributed by atoms with Crippen LogP contribution in [-0.4, -0.2) is 4.57 Å². The highest BCUT2D eigenvalue weighted by molar-refractivity contribution is 7.27. The van der Waals surface area contributed by atoms with Crippen LogP contribution < -0.4 is 0 Å². The first-order valence-electron chi connectivity index (χ1n) is 13.9. The molecule has 5 heteroatoms. The zero-order valence-electron chi connectivity index (χ0n) is 22.6. The van der Waals surface area contributed by atoms with Crippen LogP contribution in [0.15, 0.2) is 120 Å². The van der Waals surface area contributed by atoms with Gasteiger partial charge in [0.05, 0.1) is 39.6 Å². The van der Waals surface area contributed by atoms with E-state index in [2.05, 4.69) is 88.3 Å². The number of para-hydroxylation sites is 2. The second kappa shape index (κ2) is 8.81. The van der Waals surface area contributed by atoms with Gasteiger partial charge in [-0.25, -0.2) is 4.85 Å². The molecule has 9 rings (SSSR count). The van der Waals surface area contributed by atoms with E-state index in [0.29, 0.717) is 11.3 Å². The van der Waals surface area contributed by atoms with Crippen molar-refractivity contribution in [2.24, 2.45) is 0 Å². The first-order valence-corrected chi connectivity index (χ1v) is 14.8. The molecule has 6 aromatic carbocycles. The number of furan rings is 1. The van der Waals surface area contributed by atoms with Crippen molar-refractivity contribution < 1.29 is 4.42 Å². The van der Waals surface area contributed by atoms with Gasteiger partial charge in [0, 0.05) is 31.6 Å². The van der Waals surface area contributed by atoms with E-state index in [0.717, 1.165) is 80.7 Å². The van der Waals surface area contributed by atoms with Crippen molar-refractivity contribution in [1.82, 2.24) is 4.57 Å². The minimum Gasteiger partial charge on any atom is -0.456 e. The summed E-state index contributed by atoms with van der Waals surface area (Å²) >= 11 is 1.66. The molecule has 0 fully saturated rings. The average Bonchev–Trinajstić information content (AvgIpc) is 3.73. The zero-order chi connectivity index (χ0) is 28.7. The standard InChI is InChI=1S/C38H19N3OS/c1-40-30-18-17-24(23-14-16-28-27-8-3-5-12-34(27)42-35(28)20-23)36-29-9-6-11-32(37(29)43-38(30)36)41-31-10-4-2-7-25(31)26-15-13-22(21-39)19-33(26)41/h2-20H. The lowest BCUT2D eigenvalue weighted by molar-refractivity contribution is 0.669. The quantitative estimate of drug-likeness (QED) is 0.196. The normalized spacial score (nSPS) is 11.7. The van der Waals surface area contributed by atoms with Crippen molar-refractivity contribution >= 4 is 80.9 Å². The number of thiophene rings is 1. The molecule has 3 heterocycles. The minimum atomic E-state index is 0.624. The molecule has 43 heavy (non-hydrogen) atoms. The first-order chi connectivity index (χ1) is 21.2. The summed E-state index contributed by atoms with van der Waals surface area (Å²) in [6, 6.07) is 41.5. The van der Waals surface area contributed by atoms with Gasteiger partial charge >= 0.3 is 0 Å². The SMILES string of the molecule is [C-]#[N+]c1ccc(-c2ccc3c(c2)oc2ccccc23)c2c1sc1c(-n3c4ccccc4c4ccc(C#N)cc43)cccc12. The molecule has 0 aliphatic heterocycles. The molecule has 3 aromatic heterocycles. The lowest BCUT2D eigenvalue weighted by atomic mass is 9.97. The van der Waals surface area contributed by atoms with Gasteiger partial charge in [-0.05, 0) is 59.0 Å². The maximum absolute atomic E-state index is 9.71. The predicted octanol–water partition coefficient (Wildman–Crippen LogP) is 11.1. The van der Waals surface area contributed by atoms with E-state index < -0.39 is 0 Å². The van der Waals surface area contributed by atoms with Gasteiger partial charge in [0.25, 0.3) is 0 Å². The molecule has 4 nitrogen and oxygen atoms in total. The van der Waals surface area contributed by atoms with E-state index in [-0.39, 0.29) is 0 Å². The van der Waals surface area contributed by atoms with Gasteiger partial charge in [-0.3, -0.25) is 0 Å². The van der Waals surface area contributed by atoms with Crippen LogP contribution in [0, 0.1) is 17.9 Å². The van der Waals surface area contributed by atoms with Gasteiger partial charge in [0.2, 0.25) is 5.69 Å². The van der Waals surface area contributed by atoms with Crippen LogP contribution in [0.5, 0.6) is 0 Å². The van der Waals surface area contributed by atoms with Crippen LogP contribution in [0.4, 0.5) is 5.69 Å². The molecule has 0 bridgehead atoms. The molecule has 0 aliphatic rings. The van der Waals surface area contributed by atoms with E-state index in [1.807, 2.05) is 42.5 Å². The maximum Gasteiger partial charge on any atom is 0.204 e. The number of fused-ring (bicyclic) bond motifs is 9. The number of rotatable bonds is 2. The molecular formula is C38H19N3OS. The highest BCUT2D eigenvalue weighted by Crippen LogP contribution is 2.48. The average molecular weight is 566 g/mol. The third kappa shape index (κ3) is 3.29.